The van der Waals surface area contributed by atoms with Gasteiger partial charge in [0.05, 0.1) is 0 Å². The molecule has 1 aromatic heterocycles. The lowest BCUT2D eigenvalue weighted by atomic mass is 10.1. The van der Waals surface area contributed by atoms with E-state index in [1.165, 1.54) is 0 Å². The van der Waals surface area contributed by atoms with E-state index in [4.69, 9.17) is 15.0 Å². The van der Waals surface area contributed by atoms with Crippen molar-refractivity contribution in [3.05, 3.63) is 109 Å². The Balaban J connectivity index is 1.86. The maximum atomic E-state index is 4.75. The second-order valence-corrected chi connectivity index (χ2v) is 6.78. The zero-order valence-electron chi connectivity index (χ0n) is 16.6. The average Bonchev–Trinajstić information content (AvgIpc) is 2.84. The molecular weight excluding hydrogens is 366 g/mol. The van der Waals surface area contributed by atoms with Crippen LogP contribution in [-0.2, 0) is 0 Å². The number of rotatable bonds is 6. The van der Waals surface area contributed by atoms with E-state index in [0.717, 1.165) is 33.4 Å². The highest BCUT2D eigenvalue weighted by Gasteiger charge is 2.12. The lowest BCUT2D eigenvalue weighted by Gasteiger charge is -2.09. The average molecular weight is 387 g/mol. The van der Waals surface area contributed by atoms with E-state index in [1.807, 2.05) is 91.0 Å². The summed E-state index contributed by atoms with van der Waals surface area (Å²) in [6.45, 7) is 11.4. The Morgan fingerprint density at radius 1 is 0.400 bits per heavy atom. The standard InChI is InChI=1S/C27H21N3/c1-4-19-7-13-22(14-8-19)25-28-26(23-15-9-20(5-2)10-16-23)30-27(29-25)24-17-11-21(6-3)12-18-24/h4-18H,1-3H2. The van der Waals surface area contributed by atoms with Gasteiger partial charge in [-0.05, 0) is 16.7 Å². The van der Waals surface area contributed by atoms with Crippen molar-refractivity contribution >= 4 is 18.2 Å². The van der Waals surface area contributed by atoms with E-state index in [0.29, 0.717) is 17.5 Å². The van der Waals surface area contributed by atoms with Crippen molar-refractivity contribution < 1.29 is 0 Å². The Labute approximate surface area is 176 Å². The van der Waals surface area contributed by atoms with Crippen LogP contribution in [0.15, 0.2) is 92.5 Å². The van der Waals surface area contributed by atoms with Crippen molar-refractivity contribution in [2.24, 2.45) is 0 Å². The van der Waals surface area contributed by atoms with Gasteiger partial charge in [0.2, 0.25) is 0 Å². The summed E-state index contributed by atoms with van der Waals surface area (Å²) in [4.78, 5) is 14.3. The van der Waals surface area contributed by atoms with Gasteiger partial charge < -0.3 is 0 Å². The molecule has 0 unspecified atom stereocenters. The summed E-state index contributed by atoms with van der Waals surface area (Å²) >= 11 is 0. The zero-order valence-corrected chi connectivity index (χ0v) is 16.6. The van der Waals surface area contributed by atoms with E-state index in [1.54, 1.807) is 0 Å². The summed E-state index contributed by atoms with van der Waals surface area (Å²) in [5, 5.41) is 0. The molecule has 0 saturated carbocycles. The highest BCUT2D eigenvalue weighted by molar-refractivity contribution is 5.68. The molecule has 0 radical (unpaired) electrons. The number of hydrogen-bond donors (Lipinski definition) is 0. The molecule has 0 fully saturated rings. The van der Waals surface area contributed by atoms with Crippen molar-refractivity contribution in [1.82, 2.24) is 15.0 Å². The summed E-state index contributed by atoms with van der Waals surface area (Å²) in [5.41, 5.74) is 5.93. The molecule has 0 amide bonds. The molecule has 0 aliphatic rings. The van der Waals surface area contributed by atoms with Crippen molar-refractivity contribution in [3.63, 3.8) is 0 Å². The molecule has 0 spiro atoms. The molecule has 3 heteroatoms. The first kappa shape index (κ1) is 19.2. The molecule has 0 atom stereocenters. The fourth-order valence-electron chi connectivity index (χ4n) is 3.07. The van der Waals surface area contributed by atoms with Crippen LogP contribution in [0.2, 0.25) is 0 Å². The second kappa shape index (κ2) is 8.50. The summed E-state index contributed by atoms with van der Waals surface area (Å²) in [5.74, 6) is 1.89. The zero-order chi connectivity index (χ0) is 20.9. The SMILES string of the molecule is C=Cc1ccc(-c2nc(-c3ccc(C=C)cc3)nc(-c3ccc(C=C)cc3)n2)cc1. The summed E-state index contributed by atoms with van der Waals surface area (Å²) in [6.07, 6.45) is 5.45. The second-order valence-electron chi connectivity index (χ2n) is 6.78. The smallest absolute Gasteiger partial charge is 0.164 e. The topological polar surface area (TPSA) is 38.7 Å². The third kappa shape index (κ3) is 4.01. The van der Waals surface area contributed by atoms with Gasteiger partial charge >= 0.3 is 0 Å². The van der Waals surface area contributed by atoms with Crippen LogP contribution in [0, 0.1) is 0 Å². The Morgan fingerprint density at radius 2 is 0.633 bits per heavy atom. The Bertz CT molecular complexity index is 1030. The third-order valence-electron chi connectivity index (χ3n) is 4.85. The summed E-state index contributed by atoms with van der Waals surface area (Å²) in [7, 11) is 0. The van der Waals surface area contributed by atoms with Gasteiger partial charge in [0.25, 0.3) is 0 Å². The third-order valence-corrected chi connectivity index (χ3v) is 4.85. The number of aromatic nitrogens is 3. The van der Waals surface area contributed by atoms with Crippen molar-refractivity contribution in [2.75, 3.05) is 0 Å². The molecule has 4 rings (SSSR count). The first-order valence-electron chi connectivity index (χ1n) is 9.65. The fourth-order valence-corrected chi connectivity index (χ4v) is 3.07. The number of benzene rings is 3. The van der Waals surface area contributed by atoms with E-state index >= 15 is 0 Å². The molecule has 4 aromatic rings. The predicted octanol–water partition coefficient (Wildman–Crippen LogP) is 6.80. The van der Waals surface area contributed by atoms with Crippen molar-refractivity contribution in [1.29, 1.82) is 0 Å². The minimum absolute atomic E-state index is 0.631. The van der Waals surface area contributed by atoms with Gasteiger partial charge in [-0.1, -0.05) is 111 Å². The monoisotopic (exact) mass is 387 g/mol. The van der Waals surface area contributed by atoms with Crippen molar-refractivity contribution in [2.45, 2.75) is 0 Å². The van der Waals surface area contributed by atoms with Crippen LogP contribution in [0.25, 0.3) is 52.4 Å². The van der Waals surface area contributed by atoms with Gasteiger partial charge in [-0.15, -0.1) is 0 Å². The van der Waals surface area contributed by atoms with Crippen LogP contribution in [0.1, 0.15) is 16.7 Å². The predicted molar refractivity (Wildman–Crippen MR) is 126 cm³/mol. The minimum Gasteiger partial charge on any atom is -0.208 e. The minimum atomic E-state index is 0.631. The Hall–Kier alpha value is -4.11. The van der Waals surface area contributed by atoms with Crippen LogP contribution in [0.3, 0.4) is 0 Å². The van der Waals surface area contributed by atoms with Gasteiger partial charge in [-0.25, -0.2) is 15.0 Å². The quantitative estimate of drug-likeness (QED) is 0.365. The first-order chi connectivity index (χ1) is 14.7. The molecule has 0 saturated heterocycles. The van der Waals surface area contributed by atoms with Gasteiger partial charge in [-0.2, -0.15) is 0 Å². The molecule has 0 bridgehead atoms. The first-order valence-corrected chi connectivity index (χ1v) is 9.65. The van der Waals surface area contributed by atoms with Crippen LogP contribution < -0.4 is 0 Å². The van der Waals surface area contributed by atoms with Gasteiger partial charge in [0.1, 0.15) is 0 Å². The molecule has 1 heterocycles. The van der Waals surface area contributed by atoms with E-state index in [-0.39, 0.29) is 0 Å². The van der Waals surface area contributed by atoms with Crippen LogP contribution >= 0.6 is 0 Å². The Kier molecular flexibility index (Phi) is 5.44. The molecule has 0 aliphatic heterocycles. The molecular formula is C27H21N3. The van der Waals surface area contributed by atoms with E-state index in [9.17, 15) is 0 Å². The number of nitrogens with zero attached hydrogens (tertiary/aromatic N) is 3. The maximum Gasteiger partial charge on any atom is 0.164 e. The lowest BCUT2D eigenvalue weighted by Crippen LogP contribution is -2.00. The van der Waals surface area contributed by atoms with Gasteiger partial charge in [-0.3, -0.25) is 0 Å². The molecule has 3 nitrogen and oxygen atoms in total. The maximum absolute atomic E-state index is 4.75. The van der Waals surface area contributed by atoms with Crippen molar-refractivity contribution in [3.8, 4) is 34.2 Å². The summed E-state index contributed by atoms with van der Waals surface area (Å²) in [6, 6.07) is 24.0. The largest absolute Gasteiger partial charge is 0.208 e. The molecule has 0 N–H and O–H groups in total. The molecule has 144 valence electrons. The molecule has 30 heavy (non-hydrogen) atoms. The van der Waals surface area contributed by atoms with Gasteiger partial charge in [0.15, 0.2) is 17.5 Å². The molecule has 3 aromatic carbocycles. The fraction of sp³-hybridized carbons (Fsp3) is 0. The van der Waals surface area contributed by atoms with Crippen LogP contribution in [0.5, 0.6) is 0 Å². The molecule has 0 aliphatic carbocycles. The van der Waals surface area contributed by atoms with E-state index < -0.39 is 0 Å². The van der Waals surface area contributed by atoms with E-state index in [2.05, 4.69) is 19.7 Å². The Morgan fingerprint density at radius 3 is 0.833 bits per heavy atom. The van der Waals surface area contributed by atoms with Crippen LogP contribution in [-0.4, -0.2) is 15.0 Å². The lowest BCUT2D eigenvalue weighted by molar-refractivity contribution is 1.07. The number of hydrogen-bond acceptors (Lipinski definition) is 3. The highest BCUT2D eigenvalue weighted by atomic mass is 15.0. The summed E-state index contributed by atoms with van der Waals surface area (Å²) < 4.78 is 0. The normalized spacial score (nSPS) is 10.4. The van der Waals surface area contributed by atoms with Crippen LogP contribution in [0.4, 0.5) is 0 Å². The van der Waals surface area contributed by atoms with Gasteiger partial charge in [0, 0.05) is 16.7 Å². The highest BCUT2D eigenvalue weighted by Crippen LogP contribution is 2.25.